The number of hydrogen-bond donors (Lipinski definition) is 2. The topological polar surface area (TPSA) is 89.1 Å². The second-order valence-electron chi connectivity index (χ2n) is 3.42. The van der Waals surface area contributed by atoms with Crippen LogP contribution in [0.25, 0.3) is 0 Å². The van der Waals surface area contributed by atoms with Crippen molar-refractivity contribution in [2.75, 3.05) is 0 Å². The number of carboxylic acids is 1. The van der Waals surface area contributed by atoms with Crippen molar-refractivity contribution in [1.29, 1.82) is 0 Å². The molecule has 0 aliphatic heterocycles. The average molecular weight is 209 g/mol. The van der Waals surface area contributed by atoms with Crippen LogP contribution in [0.1, 0.15) is 36.6 Å². The number of hydrogen-bond acceptors (Lipinski definition) is 4. The van der Waals surface area contributed by atoms with E-state index >= 15 is 0 Å². The molecule has 0 aliphatic carbocycles. The minimum Gasteiger partial charge on any atom is -0.481 e. The summed E-state index contributed by atoms with van der Waals surface area (Å²) < 4.78 is 0. The Kier molecular flexibility index (Phi) is 3.74. The highest BCUT2D eigenvalue weighted by molar-refractivity contribution is 5.67. The molecule has 5 nitrogen and oxygen atoms in total. The van der Waals surface area contributed by atoms with Gasteiger partial charge in [0.1, 0.15) is 5.82 Å². The smallest absolute Gasteiger partial charge is 0.305 e. The van der Waals surface area contributed by atoms with Crippen LogP contribution in [-0.4, -0.2) is 21.0 Å². The third kappa shape index (κ3) is 3.28. The van der Waals surface area contributed by atoms with Crippen LogP contribution < -0.4 is 5.73 Å². The molecule has 0 saturated heterocycles. The maximum Gasteiger partial charge on any atom is 0.305 e. The van der Waals surface area contributed by atoms with Gasteiger partial charge >= 0.3 is 5.97 Å². The molecule has 15 heavy (non-hydrogen) atoms. The number of rotatable bonds is 4. The zero-order valence-electron chi connectivity index (χ0n) is 8.90. The number of nitrogens with zero attached hydrogens (tertiary/aromatic N) is 2. The van der Waals surface area contributed by atoms with E-state index in [9.17, 15) is 4.79 Å². The molecular weight excluding hydrogens is 194 g/mol. The Hall–Kier alpha value is -1.49. The maximum atomic E-state index is 10.5. The average Bonchev–Trinajstić information content (AvgIpc) is 2.15. The van der Waals surface area contributed by atoms with Gasteiger partial charge in [-0.05, 0) is 19.4 Å². The highest BCUT2D eigenvalue weighted by atomic mass is 16.4. The molecule has 1 aromatic rings. The molecule has 5 heteroatoms. The zero-order chi connectivity index (χ0) is 11.4. The molecule has 1 atom stereocenters. The van der Waals surface area contributed by atoms with Gasteiger partial charge in [-0.15, -0.1) is 0 Å². The van der Waals surface area contributed by atoms with Crippen LogP contribution in [0.3, 0.4) is 0 Å². The normalized spacial score (nSPS) is 12.5. The van der Waals surface area contributed by atoms with E-state index in [4.69, 9.17) is 10.8 Å². The van der Waals surface area contributed by atoms with E-state index in [1.165, 1.54) is 0 Å². The van der Waals surface area contributed by atoms with Gasteiger partial charge in [-0.1, -0.05) is 6.92 Å². The number of aromatic nitrogens is 2. The van der Waals surface area contributed by atoms with E-state index in [2.05, 4.69) is 9.97 Å². The van der Waals surface area contributed by atoms with Gasteiger partial charge in [0, 0.05) is 11.4 Å². The first-order valence-corrected chi connectivity index (χ1v) is 4.84. The fraction of sp³-hybridized carbons (Fsp3) is 0.500. The van der Waals surface area contributed by atoms with Gasteiger partial charge in [-0.2, -0.15) is 0 Å². The third-order valence-electron chi connectivity index (χ3n) is 2.01. The predicted octanol–water partition coefficient (Wildman–Crippen LogP) is 0.822. The molecule has 0 spiro atoms. The lowest BCUT2D eigenvalue weighted by atomic mass is 10.2. The summed E-state index contributed by atoms with van der Waals surface area (Å²) in [6, 6.07) is 1.24. The van der Waals surface area contributed by atoms with Crippen molar-refractivity contribution in [3.05, 3.63) is 23.3 Å². The van der Waals surface area contributed by atoms with Crippen molar-refractivity contribution in [2.45, 2.75) is 32.7 Å². The molecule has 1 heterocycles. The fourth-order valence-electron chi connectivity index (χ4n) is 1.28. The minimum absolute atomic E-state index is 0.146. The fourth-order valence-corrected chi connectivity index (χ4v) is 1.28. The third-order valence-corrected chi connectivity index (χ3v) is 2.01. The molecule has 0 bridgehead atoms. The van der Waals surface area contributed by atoms with Gasteiger partial charge in [-0.3, -0.25) is 4.79 Å². The van der Waals surface area contributed by atoms with E-state index in [1.54, 1.807) is 0 Å². The SMILES string of the molecule is CCc1cc(C)nc(C(N)CC(=O)O)n1. The second kappa shape index (κ2) is 4.84. The Balaban J connectivity index is 2.92. The summed E-state index contributed by atoms with van der Waals surface area (Å²) in [5, 5.41) is 8.61. The molecule has 0 aliphatic rings. The lowest BCUT2D eigenvalue weighted by Crippen LogP contribution is -2.19. The summed E-state index contributed by atoms with van der Waals surface area (Å²) in [5.74, 6) is -0.528. The monoisotopic (exact) mass is 209 g/mol. The molecule has 1 aromatic heterocycles. The molecule has 3 N–H and O–H groups in total. The van der Waals surface area contributed by atoms with Crippen LogP contribution in [0.2, 0.25) is 0 Å². The van der Waals surface area contributed by atoms with Crippen molar-refractivity contribution in [3.8, 4) is 0 Å². The van der Waals surface area contributed by atoms with Gasteiger partial charge in [0.15, 0.2) is 0 Å². The summed E-state index contributed by atoms with van der Waals surface area (Å²) in [5.41, 5.74) is 7.39. The predicted molar refractivity (Wildman–Crippen MR) is 55.3 cm³/mol. The first-order valence-electron chi connectivity index (χ1n) is 4.84. The van der Waals surface area contributed by atoms with Gasteiger partial charge in [0.05, 0.1) is 12.5 Å². The number of carboxylic acid groups (broad SMARTS) is 1. The highest BCUT2D eigenvalue weighted by Gasteiger charge is 2.14. The van der Waals surface area contributed by atoms with E-state index in [0.29, 0.717) is 5.82 Å². The van der Waals surface area contributed by atoms with Crippen LogP contribution in [0.5, 0.6) is 0 Å². The minimum atomic E-state index is -0.939. The maximum absolute atomic E-state index is 10.5. The number of aryl methyl sites for hydroxylation is 2. The molecule has 0 fully saturated rings. The van der Waals surface area contributed by atoms with Crippen molar-refractivity contribution in [1.82, 2.24) is 9.97 Å². The first kappa shape index (κ1) is 11.6. The quantitative estimate of drug-likeness (QED) is 0.766. The Morgan fingerprint density at radius 3 is 2.80 bits per heavy atom. The summed E-state index contributed by atoms with van der Waals surface area (Å²) >= 11 is 0. The van der Waals surface area contributed by atoms with Gasteiger partial charge in [0.2, 0.25) is 0 Å². The second-order valence-corrected chi connectivity index (χ2v) is 3.42. The van der Waals surface area contributed by atoms with Crippen molar-refractivity contribution in [2.24, 2.45) is 5.73 Å². The van der Waals surface area contributed by atoms with Crippen LogP contribution in [-0.2, 0) is 11.2 Å². The lowest BCUT2D eigenvalue weighted by Gasteiger charge is -2.09. The van der Waals surface area contributed by atoms with Gasteiger partial charge in [0.25, 0.3) is 0 Å². The molecule has 1 unspecified atom stereocenters. The molecule has 0 amide bonds. The molecule has 82 valence electrons. The zero-order valence-corrected chi connectivity index (χ0v) is 8.90. The van der Waals surface area contributed by atoms with Crippen LogP contribution in [0, 0.1) is 6.92 Å². The van der Waals surface area contributed by atoms with Gasteiger partial charge < -0.3 is 10.8 Å². The molecular formula is C10H15N3O2. The summed E-state index contributed by atoms with van der Waals surface area (Å²) in [7, 11) is 0. The number of nitrogens with two attached hydrogens (primary N) is 1. The van der Waals surface area contributed by atoms with E-state index < -0.39 is 12.0 Å². The standard InChI is InChI=1S/C10H15N3O2/c1-3-7-4-6(2)12-10(13-7)8(11)5-9(14)15/h4,8H,3,5,11H2,1-2H3,(H,14,15). The number of carbonyl (C=O) groups is 1. The lowest BCUT2D eigenvalue weighted by molar-refractivity contribution is -0.137. The molecule has 0 radical (unpaired) electrons. The summed E-state index contributed by atoms with van der Waals surface area (Å²) in [6.07, 6.45) is 0.642. The highest BCUT2D eigenvalue weighted by Crippen LogP contribution is 2.11. The van der Waals surface area contributed by atoms with Crippen LogP contribution in [0.4, 0.5) is 0 Å². The van der Waals surface area contributed by atoms with Crippen molar-refractivity contribution in [3.63, 3.8) is 0 Å². The van der Waals surface area contributed by atoms with Crippen molar-refractivity contribution >= 4 is 5.97 Å². The van der Waals surface area contributed by atoms with Crippen LogP contribution >= 0.6 is 0 Å². The van der Waals surface area contributed by atoms with Crippen LogP contribution in [0.15, 0.2) is 6.07 Å². The van der Waals surface area contributed by atoms with E-state index in [0.717, 1.165) is 17.8 Å². The first-order chi connectivity index (χ1) is 7.02. The summed E-state index contributed by atoms with van der Waals surface area (Å²) in [6.45, 7) is 3.83. The number of aliphatic carboxylic acids is 1. The van der Waals surface area contributed by atoms with Gasteiger partial charge in [-0.25, -0.2) is 9.97 Å². The summed E-state index contributed by atoms with van der Waals surface area (Å²) in [4.78, 5) is 18.8. The molecule has 1 rings (SSSR count). The molecule has 0 aromatic carbocycles. The Morgan fingerprint density at radius 1 is 1.60 bits per heavy atom. The van der Waals surface area contributed by atoms with Crippen molar-refractivity contribution < 1.29 is 9.90 Å². The largest absolute Gasteiger partial charge is 0.481 e. The van der Waals surface area contributed by atoms with E-state index in [-0.39, 0.29) is 6.42 Å². The Labute approximate surface area is 88.4 Å². The van der Waals surface area contributed by atoms with E-state index in [1.807, 2.05) is 19.9 Å². The Morgan fingerprint density at radius 2 is 2.27 bits per heavy atom. The Bertz CT molecular complexity index is 366. The molecule has 0 saturated carbocycles.